The summed E-state index contributed by atoms with van der Waals surface area (Å²) in [6, 6.07) is 14.8. The molecule has 0 fully saturated rings. The van der Waals surface area contributed by atoms with Crippen molar-refractivity contribution in [3.05, 3.63) is 59.0 Å². The second-order valence-corrected chi connectivity index (χ2v) is 6.34. The first-order valence-corrected chi connectivity index (χ1v) is 8.74. The van der Waals surface area contributed by atoms with Gasteiger partial charge in [0.1, 0.15) is 30.5 Å². The molecular weight excluding hydrogens is 352 g/mol. The van der Waals surface area contributed by atoms with E-state index >= 15 is 0 Å². The molecule has 2 aromatic carbocycles. The summed E-state index contributed by atoms with van der Waals surface area (Å²) < 4.78 is 16.6. The number of carbonyl (C=O) groups excluding carboxylic acids is 1. The van der Waals surface area contributed by atoms with Gasteiger partial charge in [0.05, 0.1) is 12.0 Å². The summed E-state index contributed by atoms with van der Waals surface area (Å²) in [5.74, 6) is 1.78. The van der Waals surface area contributed by atoms with E-state index < -0.39 is 0 Å². The summed E-state index contributed by atoms with van der Waals surface area (Å²) in [6.45, 7) is 0.735. The molecule has 7 heteroatoms. The third-order valence-corrected chi connectivity index (χ3v) is 4.31. The molecule has 0 radical (unpaired) electrons. The van der Waals surface area contributed by atoms with Gasteiger partial charge in [0.2, 0.25) is 0 Å². The van der Waals surface area contributed by atoms with E-state index in [1.807, 2.05) is 48.5 Å². The second-order valence-electron chi connectivity index (χ2n) is 5.28. The summed E-state index contributed by atoms with van der Waals surface area (Å²) in [5.41, 5.74) is 6.36. The first kappa shape index (κ1) is 17.9. The average molecular weight is 370 g/mol. The van der Waals surface area contributed by atoms with E-state index in [2.05, 4.69) is 4.99 Å². The van der Waals surface area contributed by atoms with Gasteiger partial charge in [0.15, 0.2) is 5.17 Å². The number of hydrogen-bond donors (Lipinski definition) is 1. The van der Waals surface area contributed by atoms with Crippen LogP contribution >= 0.6 is 11.8 Å². The molecule has 0 unspecified atom stereocenters. The zero-order valence-electron chi connectivity index (χ0n) is 14.2. The predicted molar refractivity (Wildman–Crippen MR) is 103 cm³/mol. The molecule has 3 rings (SSSR count). The van der Waals surface area contributed by atoms with E-state index in [4.69, 9.17) is 19.9 Å². The number of rotatable bonds is 7. The van der Waals surface area contributed by atoms with Crippen LogP contribution in [0.4, 0.5) is 0 Å². The molecular formula is C19H18N2O4S. The fourth-order valence-corrected chi connectivity index (χ4v) is 2.97. The molecule has 1 heterocycles. The summed E-state index contributed by atoms with van der Waals surface area (Å²) in [5, 5.41) is 0.256. The Morgan fingerprint density at radius 2 is 1.85 bits per heavy atom. The standard InChI is InChI=1S/C19H18N2O4S/c1-23-14-6-4-7-15(12-14)24-9-10-25-16-8-3-2-5-13(16)11-17-18(22)21-19(20)26-17/h2-8,11-12H,9-10H2,1H3,(H2,20,21,22)/b17-11+. The number of nitrogens with zero attached hydrogens (tertiary/aromatic N) is 1. The van der Waals surface area contributed by atoms with Crippen molar-refractivity contribution in [3.63, 3.8) is 0 Å². The van der Waals surface area contributed by atoms with E-state index in [1.165, 1.54) is 0 Å². The van der Waals surface area contributed by atoms with Crippen molar-refractivity contribution in [1.82, 2.24) is 0 Å². The van der Waals surface area contributed by atoms with Gasteiger partial charge in [-0.2, -0.15) is 4.99 Å². The van der Waals surface area contributed by atoms with E-state index in [9.17, 15) is 4.79 Å². The first-order chi connectivity index (χ1) is 12.7. The second kappa shape index (κ2) is 8.44. The Hall–Kier alpha value is -2.93. The van der Waals surface area contributed by atoms with Crippen molar-refractivity contribution >= 4 is 28.9 Å². The summed E-state index contributed by atoms with van der Waals surface area (Å²) >= 11 is 1.15. The van der Waals surface area contributed by atoms with Crippen LogP contribution in [0.2, 0.25) is 0 Å². The van der Waals surface area contributed by atoms with Crippen LogP contribution in [-0.4, -0.2) is 31.4 Å². The van der Waals surface area contributed by atoms with Crippen molar-refractivity contribution in [2.24, 2.45) is 10.7 Å². The lowest BCUT2D eigenvalue weighted by Gasteiger charge is -2.11. The minimum Gasteiger partial charge on any atom is -0.497 e. The average Bonchev–Trinajstić information content (AvgIpc) is 2.97. The number of amidine groups is 1. The molecule has 0 saturated carbocycles. The lowest BCUT2D eigenvalue weighted by molar-refractivity contribution is -0.113. The Morgan fingerprint density at radius 3 is 2.62 bits per heavy atom. The van der Waals surface area contributed by atoms with Crippen LogP contribution in [-0.2, 0) is 4.79 Å². The molecule has 0 bridgehead atoms. The highest BCUT2D eigenvalue weighted by atomic mass is 32.2. The molecule has 6 nitrogen and oxygen atoms in total. The molecule has 2 N–H and O–H groups in total. The van der Waals surface area contributed by atoms with E-state index in [0.29, 0.717) is 29.6 Å². The zero-order chi connectivity index (χ0) is 18.4. The maximum Gasteiger partial charge on any atom is 0.286 e. The number of carbonyl (C=O) groups is 1. The molecule has 2 aromatic rings. The minimum atomic E-state index is -0.330. The molecule has 1 amide bonds. The highest BCUT2D eigenvalue weighted by Gasteiger charge is 2.20. The normalized spacial score (nSPS) is 15.0. The number of benzene rings is 2. The van der Waals surface area contributed by atoms with Gasteiger partial charge >= 0.3 is 0 Å². The Bertz CT molecular complexity index is 864. The Balaban J connectivity index is 1.59. The molecule has 0 saturated heterocycles. The number of ether oxygens (including phenoxy) is 3. The number of nitrogens with two attached hydrogens (primary N) is 1. The maximum atomic E-state index is 11.7. The van der Waals surface area contributed by atoms with Crippen molar-refractivity contribution in [3.8, 4) is 17.2 Å². The largest absolute Gasteiger partial charge is 0.497 e. The van der Waals surface area contributed by atoms with E-state index in [-0.39, 0.29) is 11.1 Å². The third kappa shape index (κ3) is 4.58. The molecule has 1 aliphatic heterocycles. The van der Waals surface area contributed by atoms with Crippen LogP contribution in [0.1, 0.15) is 5.56 Å². The van der Waals surface area contributed by atoms with Crippen LogP contribution in [0.25, 0.3) is 6.08 Å². The van der Waals surface area contributed by atoms with Gasteiger partial charge in [-0.1, -0.05) is 24.3 Å². The summed E-state index contributed by atoms with van der Waals surface area (Å²) in [7, 11) is 1.61. The predicted octanol–water partition coefficient (Wildman–Crippen LogP) is 3.08. The topological polar surface area (TPSA) is 83.1 Å². The Labute approximate surface area is 155 Å². The first-order valence-electron chi connectivity index (χ1n) is 7.92. The van der Waals surface area contributed by atoms with Gasteiger partial charge in [-0.05, 0) is 36.0 Å². The Kier molecular flexibility index (Phi) is 5.80. The minimum absolute atomic E-state index is 0.256. The van der Waals surface area contributed by atoms with Crippen LogP contribution in [0, 0.1) is 0 Å². The van der Waals surface area contributed by atoms with Crippen LogP contribution in [0.15, 0.2) is 58.4 Å². The quantitative estimate of drug-likeness (QED) is 0.596. The van der Waals surface area contributed by atoms with Crippen LogP contribution < -0.4 is 19.9 Å². The van der Waals surface area contributed by atoms with Crippen molar-refractivity contribution in [2.75, 3.05) is 20.3 Å². The van der Waals surface area contributed by atoms with Crippen LogP contribution in [0.5, 0.6) is 17.2 Å². The fraction of sp³-hybridized carbons (Fsp3) is 0.158. The molecule has 1 aliphatic rings. The number of methoxy groups -OCH3 is 1. The molecule has 134 valence electrons. The number of thioether (sulfide) groups is 1. The SMILES string of the molecule is COc1cccc(OCCOc2ccccc2/C=C2/SC(N)=NC2=O)c1. The molecule has 0 aliphatic carbocycles. The smallest absolute Gasteiger partial charge is 0.286 e. The zero-order valence-corrected chi connectivity index (χ0v) is 15.0. The third-order valence-electron chi connectivity index (χ3n) is 3.49. The van der Waals surface area contributed by atoms with E-state index in [1.54, 1.807) is 13.2 Å². The van der Waals surface area contributed by atoms with Crippen LogP contribution in [0.3, 0.4) is 0 Å². The van der Waals surface area contributed by atoms with Gasteiger partial charge in [0.25, 0.3) is 5.91 Å². The molecule has 0 atom stereocenters. The maximum absolute atomic E-state index is 11.7. The lowest BCUT2D eigenvalue weighted by Crippen LogP contribution is -2.09. The van der Waals surface area contributed by atoms with Crippen molar-refractivity contribution in [1.29, 1.82) is 0 Å². The number of aliphatic imine (C=N–C) groups is 1. The number of hydrogen-bond acceptors (Lipinski definition) is 6. The monoisotopic (exact) mass is 370 g/mol. The highest BCUT2D eigenvalue weighted by molar-refractivity contribution is 8.18. The summed E-state index contributed by atoms with van der Waals surface area (Å²) in [4.78, 5) is 15.9. The van der Waals surface area contributed by atoms with Gasteiger partial charge in [-0.15, -0.1) is 0 Å². The van der Waals surface area contributed by atoms with Gasteiger partial charge < -0.3 is 19.9 Å². The van der Waals surface area contributed by atoms with Gasteiger partial charge in [-0.25, -0.2) is 0 Å². The van der Waals surface area contributed by atoms with Gasteiger partial charge in [-0.3, -0.25) is 4.79 Å². The van der Waals surface area contributed by atoms with Crippen molar-refractivity contribution < 1.29 is 19.0 Å². The van der Waals surface area contributed by atoms with Crippen molar-refractivity contribution in [2.45, 2.75) is 0 Å². The van der Waals surface area contributed by atoms with E-state index in [0.717, 1.165) is 23.1 Å². The molecule has 0 aromatic heterocycles. The fourth-order valence-electron chi connectivity index (χ4n) is 2.30. The number of para-hydroxylation sites is 1. The Morgan fingerprint density at radius 1 is 1.08 bits per heavy atom. The lowest BCUT2D eigenvalue weighted by atomic mass is 10.2. The molecule has 26 heavy (non-hydrogen) atoms. The molecule has 0 spiro atoms. The number of amides is 1. The summed E-state index contributed by atoms with van der Waals surface area (Å²) in [6.07, 6.45) is 1.73. The van der Waals surface area contributed by atoms with Gasteiger partial charge in [0, 0.05) is 11.6 Å². The highest BCUT2D eigenvalue weighted by Crippen LogP contribution is 2.29.